The number of likely N-dealkylation sites (N-methyl/N-ethyl adjacent to an activating group) is 1. The number of nitrogens with two attached hydrogens (primary N) is 1. The first-order valence-electron chi connectivity index (χ1n) is 5.95. The third kappa shape index (κ3) is 3.61. The molecule has 0 unspecified atom stereocenters. The summed E-state index contributed by atoms with van der Waals surface area (Å²) in [6, 6.07) is 4.25. The third-order valence-corrected chi connectivity index (χ3v) is 2.65. The van der Waals surface area contributed by atoms with E-state index >= 15 is 0 Å². The predicted molar refractivity (Wildman–Crippen MR) is 72.0 cm³/mol. The topological polar surface area (TPSA) is 49.6 Å². The summed E-state index contributed by atoms with van der Waals surface area (Å²) < 4.78 is 13.0. The summed E-state index contributed by atoms with van der Waals surface area (Å²) >= 11 is 0. The molecule has 0 aromatic heterocycles. The van der Waals surface area contributed by atoms with Crippen LogP contribution in [-0.2, 0) is 4.79 Å². The summed E-state index contributed by atoms with van der Waals surface area (Å²) in [5, 5.41) is 0. The smallest absolute Gasteiger partial charge is 0.241 e. The lowest BCUT2D eigenvalue weighted by atomic mass is 10.2. The van der Waals surface area contributed by atoms with Gasteiger partial charge >= 0.3 is 0 Å². The molecule has 1 rings (SSSR count). The Morgan fingerprint density at radius 3 is 2.56 bits per heavy atom. The summed E-state index contributed by atoms with van der Waals surface area (Å²) in [4.78, 5) is 15.2. The van der Waals surface area contributed by atoms with Gasteiger partial charge in [0.25, 0.3) is 0 Å². The van der Waals surface area contributed by atoms with Crippen LogP contribution < -0.4 is 10.6 Å². The van der Waals surface area contributed by atoms with Crippen molar-refractivity contribution in [2.45, 2.75) is 13.3 Å². The number of halogens is 1. The van der Waals surface area contributed by atoms with Crippen LogP contribution in [0.1, 0.15) is 13.3 Å². The molecule has 0 bridgehead atoms. The Bertz CT molecular complexity index is 421. The number of hydrogen-bond donors (Lipinski definition) is 1. The number of nitrogens with zero attached hydrogens (tertiary/aromatic N) is 2. The van der Waals surface area contributed by atoms with E-state index in [0.717, 1.165) is 6.42 Å². The number of hydrogen-bond acceptors (Lipinski definition) is 3. The summed E-state index contributed by atoms with van der Waals surface area (Å²) in [5.74, 6) is -0.376. The average Bonchev–Trinajstić information content (AvgIpc) is 2.28. The fraction of sp³-hybridized carbons (Fsp3) is 0.462. The van der Waals surface area contributed by atoms with Crippen molar-refractivity contribution in [3.63, 3.8) is 0 Å². The largest absolute Gasteiger partial charge is 0.397 e. The zero-order chi connectivity index (χ0) is 13.7. The Morgan fingerprint density at radius 2 is 2.06 bits per heavy atom. The number of anilines is 2. The quantitative estimate of drug-likeness (QED) is 0.813. The first-order chi connectivity index (χ1) is 8.45. The van der Waals surface area contributed by atoms with Crippen LogP contribution in [0.4, 0.5) is 15.8 Å². The van der Waals surface area contributed by atoms with Gasteiger partial charge in [-0.3, -0.25) is 4.79 Å². The van der Waals surface area contributed by atoms with Gasteiger partial charge in [-0.25, -0.2) is 4.39 Å². The molecule has 1 aromatic rings. The maximum Gasteiger partial charge on any atom is 0.241 e. The van der Waals surface area contributed by atoms with Gasteiger partial charge in [-0.2, -0.15) is 0 Å². The van der Waals surface area contributed by atoms with Gasteiger partial charge in [0.1, 0.15) is 5.82 Å². The zero-order valence-corrected chi connectivity index (χ0v) is 11.1. The van der Waals surface area contributed by atoms with E-state index in [-0.39, 0.29) is 18.3 Å². The first-order valence-corrected chi connectivity index (χ1v) is 5.95. The van der Waals surface area contributed by atoms with E-state index in [4.69, 9.17) is 5.73 Å². The molecule has 0 radical (unpaired) electrons. The minimum atomic E-state index is -0.369. The van der Waals surface area contributed by atoms with Gasteiger partial charge in [-0.05, 0) is 24.6 Å². The minimum absolute atomic E-state index is 0.00725. The Hall–Kier alpha value is -1.78. The highest BCUT2D eigenvalue weighted by Gasteiger charge is 2.14. The molecular weight excluding hydrogens is 233 g/mol. The zero-order valence-electron chi connectivity index (χ0n) is 11.1. The Labute approximate surface area is 107 Å². The molecule has 1 aromatic carbocycles. The molecule has 0 heterocycles. The lowest BCUT2D eigenvalue weighted by molar-refractivity contribution is -0.127. The van der Waals surface area contributed by atoms with Gasteiger partial charge in [0.15, 0.2) is 0 Å². The van der Waals surface area contributed by atoms with E-state index in [2.05, 4.69) is 0 Å². The molecule has 18 heavy (non-hydrogen) atoms. The van der Waals surface area contributed by atoms with Crippen LogP contribution >= 0.6 is 0 Å². The average molecular weight is 253 g/mol. The molecule has 5 heteroatoms. The second kappa shape index (κ2) is 6.23. The number of carbonyl (C=O) groups is 1. The van der Waals surface area contributed by atoms with Crippen LogP contribution in [0.15, 0.2) is 18.2 Å². The predicted octanol–water partition coefficient (Wildman–Crippen LogP) is 1.71. The normalized spacial score (nSPS) is 10.2. The van der Waals surface area contributed by atoms with Crippen molar-refractivity contribution in [2.75, 3.05) is 37.8 Å². The van der Waals surface area contributed by atoms with Gasteiger partial charge in [-0.1, -0.05) is 6.92 Å². The van der Waals surface area contributed by atoms with Gasteiger partial charge < -0.3 is 15.5 Å². The van der Waals surface area contributed by atoms with E-state index in [1.54, 1.807) is 20.2 Å². The molecule has 100 valence electrons. The highest BCUT2D eigenvalue weighted by atomic mass is 19.1. The SMILES string of the molecule is CCCN(CC(=O)N(C)C)c1ccc(F)cc1N. The molecule has 0 fully saturated rings. The van der Waals surface area contributed by atoms with Crippen LogP contribution in [0.25, 0.3) is 0 Å². The second-order valence-corrected chi connectivity index (χ2v) is 4.41. The maximum atomic E-state index is 13.0. The number of carbonyl (C=O) groups excluding carboxylic acids is 1. The summed E-state index contributed by atoms with van der Waals surface area (Å²) in [7, 11) is 3.42. The van der Waals surface area contributed by atoms with Gasteiger partial charge in [0.2, 0.25) is 5.91 Å². The minimum Gasteiger partial charge on any atom is -0.397 e. The standard InChI is InChI=1S/C13H20FN3O/c1-4-7-17(9-13(18)16(2)3)12-6-5-10(14)8-11(12)15/h5-6,8H,4,7,9,15H2,1-3H3. The van der Waals surface area contributed by atoms with Crippen molar-refractivity contribution in [3.05, 3.63) is 24.0 Å². The van der Waals surface area contributed by atoms with Crippen molar-refractivity contribution in [3.8, 4) is 0 Å². The van der Waals surface area contributed by atoms with Crippen molar-refractivity contribution < 1.29 is 9.18 Å². The number of amides is 1. The molecule has 0 saturated carbocycles. The van der Waals surface area contributed by atoms with Crippen LogP contribution in [0.2, 0.25) is 0 Å². The Morgan fingerprint density at radius 1 is 1.39 bits per heavy atom. The van der Waals surface area contributed by atoms with Crippen molar-refractivity contribution in [1.29, 1.82) is 0 Å². The molecule has 1 amide bonds. The monoisotopic (exact) mass is 253 g/mol. The second-order valence-electron chi connectivity index (χ2n) is 4.41. The molecule has 2 N–H and O–H groups in total. The summed E-state index contributed by atoms with van der Waals surface area (Å²) in [6.45, 7) is 2.97. The van der Waals surface area contributed by atoms with Crippen molar-refractivity contribution in [2.24, 2.45) is 0 Å². The van der Waals surface area contributed by atoms with Gasteiger partial charge in [-0.15, -0.1) is 0 Å². The molecule has 4 nitrogen and oxygen atoms in total. The number of nitrogen functional groups attached to an aromatic ring is 1. The van der Waals surface area contributed by atoms with E-state index < -0.39 is 0 Å². The molecule has 0 aliphatic rings. The summed E-state index contributed by atoms with van der Waals surface area (Å²) in [6.07, 6.45) is 0.886. The first kappa shape index (κ1) is 14.3. The van der Waals surface area contributed by atoms with E-state index in [0.29, 0.717) is 17.9 Å². The number of benzene rings is 1. The molecule has 0 aliphatic carbocycles. The fourth-order valence-corrected chi connectivity index (χ4v) is 1.67. The molecular formula is C13H20FN3O. The van der Waals surface area contributed by atoms with E-state index in [1.807, 2.05) is 11.8 Å². The van der Waals surface area contributed by atoms with E-state index in [9.17, 15) is 9.18 Å². The highest BCUT2D eigenvalue weighted by Crippen LogP contribution is 2.24. The van der Waals surface area contributed by atoms with Crippen LogP contribution in [0.5, 0.6) is 0 Å². The molecule has 0 atom stereocenters. The van der Waals surface area contributed by atoms with Crippen molar-refractivity contribution >= 4 is 17.3 Å². The van der Waals surface area contributed by atoms with Crippen LogP contribution in [0, 0.1) is 5.82 Å². The maximum absolute atomic E-state index is 13.0. The Kier molecular flexibility index (Phi) is 4.95. The van der Waals surface area contributed by atoms with Crippen molar-refractivity contribution in [1.82, 2.24) is 4.90 Å². The summed E-state index contributed by atoms with van der Waals surface area (Å²) in [5.41, 5.74) is 6.86. The lowest BCUT2D eigenvalue weighted by Crippen LogP contribution is -2.37. The molecule has 0 spiro atoms. The van der Waals surface area contributed by atoms with Gasteiger partial charge in [0.05, 0.1) is 17.9 Å². The van der Waals surface area contributed by atoms with Crippen LogP contribution in [0.3, 0.4) is 0 Å². The number of rotatable bonds is 5. The lowest BCUT2D eigenvalue weighted by Gasteiger charge is -2.26. The highest BCUT2D eigenvalue weighted by molar-refractivity contribution is 5.82. The molecule has 0 aliphatic heterocycles. The Balaban J connectivity index is 2.93. The fourth-order valence-electron chi connectivity index (χ4n) is 1.67. The van der Waals surface area contributed by atoms with E-state index in [1.165, 1.54) is 17.0 Å². The van der Waals surface area contributed by atoms with Crippen LogP contribution in [-0.4, -0.2) is 38.0 Å². The third-order valence-electron chi connectivity index (χ3n) is 2.65. The van der Waals surface area contributed by atoms with Gasteiger partial charge in [0, 0.05) is 20.6 Å². The molecule has 0 saturated heterocycles.